The number of rotatable bonds is 4. The Morgan fingerprint density at radius 2 is 2.33 bits per heavy atom. The van der Waals surface area contributed by atoms with Gasteiger partial charge in [0.1, 0.15) is 5.75 Å². The summed E-state index contributed by atoms with van der Waals surface area (Å²) in [5.74, 6) is 0.395. The van der Waals surface area contributed by atoms with Crippen LogP contribution in [0.3, 0.4) is 0 Å². The number of H-pyrrole nitrogens is 1. The maximum Gasteiger partial charge on any atom is 0.255 e. The first-order chi connectivity index (χ1) is 10.1. The van der Waals surface area contributed by atoms with Crippen LogP contribution >= 0.6 is 12.2 Å². The largest absolute Gasteiger partial charge is 0.507 e. The summed E-state index contributed by atoms with van der Waals surface area (Å²) in [6.07, 6.45) is 2.18. The molecule has 0 unspecified atom stereocenters. The Morgan fingerprint density at radius 1 is 1.57 bits per heavy atom. The SMILES string of the molecule is Cc1cccc(C(=O)NCc2n[nH]c(=S)n2C2CC2)c1O. The molecule has 1 aromatic heterocycles. The van der Waals surface area contributed by atoms with Gasteiger partial charge in [-0.2, -0.15) is 5.10 Å². The number of hydrogen-bond donors (Lipinski definition) is 3. The van der Waals surface area contributed by atoms with Crippen molar-refractivity contribution in [2.24, 2.45) is 0 Å². The van der Waals surface area contributed by atoms with E-state index in [0.717, 1.165) is 12.8 Å². The molecular weight excluding hydrogens is 288 g/mol. The van der Waals surface area contributed by atoms with E-state index in [4.69, 9.17) is 12.2 Å². The highest BCUT2D eigenvalue weighted by Crippen LogP contribution is 2.35. The Labute approximate surface area is 126 Å². The second-order valence-corrected chi connectivity index (χ2v) is 5.59. The molecule has 0 spiro atoms. The van der Waals surface area contributed by atoms with Crippen molar-refractivity contribution in [3.8, 4) is 5.75 Å². The molecule has 110 valence electrons. The summed E-state index contributed by atoms with van der Waals surface area (Å²) >= 11 is 5.19. The smallest absolute Gasteiger partial charge is 0.255 e. The van der Waals surface area contributed by atoms with E-state index >= 15 is 0 Å². The molecule has 6 nitrogen and oxygen atoms in total. The second kappa shape index (κ2) is 5.33. The maximum absolute atomic E-state index is 12.2. The van der Waals surface area contributed by atoms with E-state index in [-0.39, 0.29) is 23.8 Å². The topological polar surface area (TPSA) is 82.9 Å². The minimum Gasteiger partial charge on any atom is -0.507 e. The number of nitrogens with zero attached hydrogens (tertiary/aromatic N) is 2. The van der Waals surface area contributed by atoms with Gasteiger partial charge >= 0.3 is 0 Å². The quantitative estimate of drug-likeness (QED) is 0.756. The van der Waals surface area contributed by atoms with E-state index in [2.05, 4.69) is 15.5 Å². The molecule has 1 fully saturated rings. The average Bonchev–Trinajstić information content (AvgIpc) is 3.23. The van der Waals surface area contributed by atoms with Crippen LogP contribution in [0.2, 0.25) is 0 Å². The minimum absolute atomic E-state index is 0.0102. The molecule has 1 heterocycles. The molecule has 3 N–H and O–H groups in total. The third-order valence-electron chi connectivity index (χ3n) is 3.58. The second-order valence-electron chi connectivity index (χ2n) is 5.20. The van der Waals surface area contributed by atoms with Crippen LogP contribution in [0.15, 0.2) is 18.2 Å². The molecular formula is C14H16N4O2S. The van der Waals surface area contributed by atoms with Crippen LogP contribution in [0.1, 0.15) is 40.6 Å². The molecule has 0 bridgehead atoms. The zero-order chi connectivity index (χ0) is 15.0. The molecule has 1 aliphatic carbocycles. The zero-order valence-corrected chi connectivity index (χ0v) is 12.4. The van der Waals surface area contributed by atoms with Crippen LogP contribution in [0.25, 0.3) is 0 Å². The first-order valence-corrected chi connectivity index (χ1v) is 7.21. The van der Waals surface area contributed by atoms with Gasteiger partial charge < -0.3 is 10.4 Å². The highest BCUT2D eigenvalue weighted by Gasteiger charge is 2.27. The Kier molecular flexibility index (Phi) is 3.50. The van der Waals surface area contributed by atoms with Crippen molar-refractivity contribution in [2.45, 2.75) is 32.4 Å². The number of carbonyl (C=O) groups is 1. The van der Waals surface area contributed by atoms with Crippen LogP contribution in [0, 0.1) is 11.7 Å². The molecule has 1 aromatic carbocycles. The van der Waals surface area contributed by atoms with Crippen LogP contribution in [0.5, 0.6) is 5.75 Å². The summed E-state index contributed by atoms with van der Waals surface area (Å²) in [6.45, 7) is 2.03. The van der Waals surface area contributed by atoms with E-state index in [9.17, 15) is 9.90 Å². The van der Waals surface area contributed by atoms with Gasteiger partial charge in [0.05, 0.1) is 12.1 Å². The van der Waals surface area contributed by atoms with Gasteiger partial charge in [0, 0.05) is 6.04 Å². The Balaban J connectivity index is 1.74. The number of aryl methyl sites for hydroxylation is 1. The van der Waals surface area contributed by atoms with Crippen LogP contribution < -0.4 is 5.32 Å². The van der Waals surface area contributed by atoms with E-state index in [1.54, 1.807) is 25.1 Å². The molecule has 1 amide bonds. The van der Waals surface area contributed by atoms with Gasteiger partial charge in [-0.15, -0.1) is 0 Å². The molecule has 1 saturated carbocycles. The maximum atomic E-state index is 12.2. The normalized spacial score (nSPS) is 14.1. The summed E-state index contributed by atoms with van der Waals surface area (Å²) in [4.78, 5) is 12.2. The van der Waals surface area contributed by atoms with Crippen molar-refractivity contribution in [2.75, 3.05) is 0 Å². The van der Waals surface area contributed by atoms with Crippen molar-refractivity contribution in [1.29, 1.82) is 0 Å². The Hall–Kier alpha value is -2.15. The van der Waals surface area contributed by atoms with E-state index in [1.807, 2.05) is 4.57 Å². The standard InChI is InChI=1S/C14H16N4O2S/c1-8-3-2-4-10(12(8)19)13(20)15-7-11-16-17-14(21)18(11)9-5-6-9/h2-4,9,19H,5-7H2,1H3,(H,15,20)(H,17,21). The Morgan fingerprint density at radius 3 is 3.05 bits per heavy atom. The molecule has 0 aliphatic heterocycles. The monoisotopic (exact) mass is 304 g/mol. The number of para-hydroxylation sites is 1. The molecule has 3 rings (SSSR count). The zero-order valence-electron chi connectivity index (χ0n) is 11.6. The summed E-state index contributed by atoms with van der Waals surface area (Å²) in [6, 6.07) is 5.49. The lowest BCUT2D eigenvalue weighted by Gasteiger charge is -2.09. The lowest BCUT2D eigenvalue weighted by molar-refractivity contribution is 0.0946. The fraction of sp³-hybridized carbons (Fsp3) is 0.357. The number of phenols is 1. The van der Waals surface area contributed by atoms with E-state index in [0.29, 0.717) is 22.2 Å². The fourth-order valence-corrected chi connectivity index (χ4v) is 2.57. The van der Waals surface area contributed by atoms with Crippen molar-refractivity contribution in [3.05, 3.63) is 39.9 Å². The number of nitrogens with one attached hydrogen (secondary N) is 2. The number of carbonyl (C=O) groups excluding carboxylic acids is 1. The fourth-order valence-electron chi connectivity index (χ4n) is 2.27. The molecule has 0 saturated heterocycles. The number of aromatic amines is 1. The number of phenolic OH excluding ortho intramolecular Hbond substituents is 1. The van der Waals surface area contributed by atoms with Gasteiger partial charge in [0.15, 0.2) is 10.6 Å². The van der Waals surface area contributed by atoms with Crippen molar-refractivity contribution < 1.29 is 9.90 Å². The molecule has 2 aromatic rings. The van der Waals surface area contributed by atoms with Gasteiger partial charge in [0.2, 0.25) is 0 Å². The number of aromatic hydroxyl groups is 1. The number of hydrogen-bond acceptors (Lipinski definition) is 4. The predicted molar refractivity (Wildman–Crippen MR) is 79.7 cm³/mol. The Bertz CT molecular complexity index is 746. The van der Waals surface area contributed by atoms with Gasteiger partial charge in [0.25, 0.3) is 5.91 Å². The minimum atomic E-state index is -0.326. The van der Waals surface area contributed by atoms with E-state index in [1.165, 1.54) is 0 Å². The number of benzene rings is 1. The number of amides is 1. The lowest BCUT2D eigenvalue weighted by Crippen LogP contribution is -2.25. The highest BCUT2D eigenvalue weighted by atomic mass is 32.1. The molecule has 21 heavy (non-hydrogen) atoms. The van der Waals surface area contributed by atoms with Gasteiger partial charge in [-0.3, -0.25) is 14.5 Å². The predicted octanol–water partition coefficient (Wildman–Crippen LogP) is 2.22. The summed E-state index contributed by atoms with van der Waals surface area (Å²) in [5.41, 5.74) is 0.936. The third-order valence-corrected chi connectivity index (χ3v) is 3.87. The van der Waals surface area contributed by atoms with Gasteiger partial charge in [-0.25, -0.2) is 0 Å². The summed E-state index contributed by atoms with van der Waals surface area (Å²) in [7, 11) is 0. The van der Waals surface area contributed by atoms with Gasteiger partial charge in [-0.1, -0.05) is 12.1 Å². The van der Waals surface area contributed by atoms with Crippen LogP contribution in [0.4, 0.5) is 0 Å². The van der Waals surface area contributed by atoms with E-state index < -0.39 is 0 Å². The first-order valence-electron chi connectivity index (χ1n) is 6.80. The molecule has 1 aliphatic rings. The molecule has 0 radical (unpaired) electrons. The van der Waals surface area contributed by atoms with Crippen molar-refractivity contribution in [1.82, 2.24) is 20.1 Å². The molecule has 7 heteroatoms. The van der Waals surface area contributed by atoms with Gasteiger partial charge in [-0.05, 0) is 43.6 Å². The lowest BCUT2D eigenvalue weighted by atomic mass is 10.1. The summed E-state index contributed by atoms with van der Waals surface area (Å²) < 4.78 is 2.53. The van der Waals surface area contributed by atoms with Crippen LogP contribution in [-0.2, 0) is 6.54 Å². The summed E-state index contributed by atoms with van der Waals surface area (Å²) in [5, 5.41) is 19.6. The van der Waals surface area contributed by atoms with Crippen LogP contribution in [-0.4, -0.2) is 25.8 Å². The third kappa shape index (κ3) is 2.69. The first kappa shape index (κ1) is 13.8. The number of aromatic nitrogens is 3. The average molecular weight is 304 g/mol. The highest BCUT2D eigenvalue weighted by molar-refractivity contribution is 7.71. The molecule has 0 atom stereocenters. The van der Waals surface area contributed by atoms with Crippen molar-refractivity contribution >= 4 is 18.1 Å². The van der Waals surface area contributed by atoms with Crippen molar-refractivity contribution in [3.63, 3.8) is 0 Å².